The van der Waals surface area contributed by atoms with E-state index in [0.29, 0.717) is 29.3 Å². The van der Waals surface area contributed by atoms with Crippen LogP contribution < -0.4 is 11.1 Å². The van der Waals surface area contributed by atoms with Gasteiger partial charge in [0.05, 0.1) is 0 Å². The standard InChI is InChI=1S/C14H20N2O2S/c1-2-8-18-9-4-7-16-14(17)12-6-3-5-11(10-12)13(15)19/h3,5-6,10H,2,4,7-9H2,1H3,(H2,15,19)(H,16,17). The molecule has 0 spiro atoms. The number of ether oxygens (including phenoxy) is 1. The number of benzene rings is 1. The molecule has 19 heavy (non-hydrogen) atoms. The Morgan fingerprint density at radius 3 is 2.79 bits per heavy atom. The van der Waals surface area contributed by atoms with E-state index in [1.165, 1.54) is 0 Å². The molecule has 3 N–H and O–H groups in total. The van der Waals surface area contributed by atoms with Gasteiger partial charge in [-0.2, -0.15) is 0 Å². The molecule has 0 heterocycles. The number of nitrogens with one attached hydrogen (secondary N) is 1. The van der Waals surface area contributed by atoms with Gasteiger partial charge in [-0.1, -0.05) is 31.3 Å². The first kappa shape index (κ1) is 15.6. The van der Waals surface area contributed by atoms with Crippen LogP contribution in [0.1, 0.15) is 35.7 Å². The largest absolute Gasteiger partial charge is 0.389 e. The van der Waals surface area contributed by atoms with E-state index >= 15 is 0 Å². The zero-order valence-electron chi connectivity index (χ0n) is 11.1. The summed E-state index contributed by atoms with van der Waals surface area (Å²) >= 11 is 4.88. The van der Waals surface area contributed by atoms with Gasteiger partial charge in [-0.25, -0.2) is 0 Å². The van der Waals surface area contributed by atoms with Crippen molar-refractivity contribution in [2.24, 2.45) is 5.73 Å². The molecule has 0 atom stereocenters. The second kappa shape index (κ2) is 8.61. The number of amides is 1. The van der Waals surface area contributed by atoms with Crippen molar-refractivity contribution in [1.82, 2.24) is 5.32 Å². The molecule has 0 bridgehead atoms. The van der Waals surface area contributed by atoms with E-state index in [-0.39, 0.29) is 5.91 Å². The van der Waals surface area contributed by atoms with Crippen molar-refractivity contribution in [1.29, 1.82) is 0 Å². The van der Waals surface area contributed by atoms with E-state index in [4.69, 9.17) is 22.7 Å². The quantitative estimate of drug-likeness (QED) is 0.563. The van der Waals surface area contributed by atoms with Crippen LogP contribution in [-0.4, -0.2) is 30.7 Å². The van der Waals surface area contributed by atoms with Crippen LogP contribution in [0.15, 0.2) is 24.3 Å². The molecule has 104 valence electrons. The van der Waals surface area contributed by atoms with E-state index < -0.39 is 0 Å². The van der Waals surface area contributed by atoms with Crippen molar-refractivity contribution in [2.75, 3.05) is 19.8 Å². The molecule has 0 aliphatic rings. The number of carbonyl (C=O) groups excluding carboxylic acids is 1. The van der Waals surface area contributed by atoms with E-state index in [1.54, 1.807) is 24.3 Å². The maximum atomic E-state index is 11.9. The minimum Gasteiger partial charge on any atom is -0.389 e. The van der Waals surface area contributed by atoms with Crippen LogP contribution in [0, 0.1) is 0 Å². The zero-order valence-corrected chi connectivity index (χ0v) is 12.0. The van der Waals surface area contributed by atoms with Crippen molar-refractivity contribution in [2.45, 2.75) is 19.8 Å². The number of nitrogens with two attached hydrogens (primary N) is 1. The molecule has 5 heteroatoms. The summed E-state index contributed by atoms with van der Waals surface area (Å²) in [5.74, 6) is -0.117. The van der Waals surface area contributed by atoms with Crippen LogP contribution >= 0.6 is 12.2 Å². The van der Waals surface area contributed by atoms with Gasteiger partial charge in [0.1, 0.15) is 4.99 Å². The molecule has 0 fully saturated rings. The van der Waals surface area contributed by atoms with Crippen molar-refractivity contribution in [3.8, 4) is 0 Å². The fourth-order valence-corrected chi connectivity index (χ4v) is 1.67. The van der Waals surface area contributed by atoms with Gasteiger partial charge in [0, 0.05) is 30.9 Å². The molecule has 1 aromatic carbocycles. The molecule has 0 radical (unpaired) electrons. The molecule has 1 amide bonds. The van der Waals surface area contributed by atoms with E-state index in [9.17, 15) is 4.79 Å². The van der Waals surface area contributed by atoms with Crippen molar-refractivity contribution < 1.29 is 9.53 Å². The number of thiocarbonyl (C=S) groups is 1. The minimum absolute atomic E-state index is 0.117. The smallest absolute Gasteiger partial charge is 0.251 e. The van der Waals surface area contributed by atoms with E-state index in [0.717, 1.165) is 19.4 Å². The topological polar surface area (TPSA) is 64.3 Å². The Morgan fingerprint density at radius 2 is 2.11 bits per heavy atom. The van der Waals surface area contributed by atoms with Gasteiger partial charge in [-0.3, -0.25) is 4.79 Å². The van der Waals surface area contributed by atoms with Gasteiger partial charge in [0.2, 0.25) is 0 Å². The lowest BCUT2D eigenvalue weighted by molar-refractivity contribution is 0.0941. The third-order valence-corrected chi connectivity index (χ3v) is 2.74. The molecule has 0 unspecified atom stereocenters. The third-order valence-electron chi connectivity index (χ3n) is 2.51. The fraction of sp³-hybridized carbons (Fsp3) is 0.429. The Labute approximate surface area is 119 Å². The zero-order chi connectivity index (χ0) is 14.1. The highest BCUT2D eigenvalue weighted by Gasteiger charge is 2.06. The van der Waals surface area contributed by atoms with Crippen LogP contribution in [0.2, 0.25) is 0 Å². The maximum Gasteiger partial charge on any atom is 0.251 e. The molecule has 0 saturated carbocycles. The lowest BCUT2D eigenvalue weighted by atomic mass is 10.1. The van der Waals surface area contributed by atoms with Crippen LogP contribution in [0.3, 0.4) is 0 Å². The summed E-state index contributed by atoms with van der Waals surface area (Å²) < 4.78 is 5.34. The Kier molecular flexibility index (Phi) is 7.07. The Balaban J connectivity index is 2.37. The molecule has 4 nitrogen and oxygen atoms in total. The Bertz CT molecular complexity index is 435. The second-order valence-electron chi connectivity index (χ2n) is 4.17. The first-order valence-electron chi connectivity index (χ1n) is 6.41. The molecular formula is C14H20N2O2S. The predicted molar refractivity (Wildman–Crippen MR) is 80.4 cm³/mol. The highest BCUT2D eigenvalue weighted by molar-refractivity contribution is 7.80. The molecule has 0 aliphatic carbocycles. The summed E-state index contributed by atoms with van der Waals surface area (Å²) in [6, 6.07) is 7.00. The van der Waals surface area contributed by atoms with Crippen molar-refractivity contribution in [3.05, 3.63) is 35.4 Å². The fourth-order valence-electron chi connectivity index (χ4n) is 1.54. The second-order valence-corrected chi connectivity index (χ2v) is 4.61. The van der Waals surface area contributed by atoms with Gasteiger partial charge in [-0.15, -0.1) is 0 Å². The summed E-state index contributed by atoms with van der Waals surface area (Å²) in [6.45, 7) is 4.10. The van der Waals surface area contributed by atoms with Gasteiger partial charge >= 0.3 is 0 Å². The SMILES string of the molecule is CCCOCCCNC(=O)c1cccc(C(N)=S)c1. The van der Waals surface area contributed by atoms with Crippen molar-refractivity contribution in [3.63, 3.8) is 0 Å². The van der Waals surface area contributed by atoms with Crippen LogP contribution in [0.5, 0.6) is 0 Å². The van der Waals surface area contributed by atoms with Gasteiger partial charge in [0.25, 0.3) is 5.91 Å². The average molecular weight is 280 g/mol. The first-order valence-corrected chi connectivity index (χ1v) is 6.81. The molecular weight excluding hydrogens is 260 g/mol. The average Bonchev–Trinajstić information content (AvgIpc) is 2.42. The third kappa shape index (κ3) is 5.81. The van der Waals surface area contributed by atoms with Gasteiger partial charge in [0.15, 0.2) is 0 Å². The normalized spacial score (nSPS) is 10.2. The van der Waals surface area contributed by atoms with E-state index in [1.807, 2.05) is 0 Å². The Hall–Kier alpha value is -1.46. The van der Waals surface area contributed by atoms with E-state index in [2.05, 4.69) is 12.2 Å². The molecule has 0 aliphatic heterocycles. The van der Waals surface area contributed by atoms with Crippen molar-refractivity contribution >= 4 is 23.1 Å². The highest BCUT2D eigenvalue weighted by atomic mass is 32.1. The summed E-state index contributed by atoms with van der Waals surface area (Å²) in [6.07, 6.45) is 1.82. The highest BCUT2D eigenvalue weighted by Crippen LogP contribution is 2.05. The van der Waals surface area contributed by atoms with Crippen LogP contribution in [-0.2, 0) is 4.74 Å². The molecule has 0 aromatic heterocycles. The molecule has 1 aromatic rings. The Morgan fingerprint density at radius 1 is 1.37 bits per heavy atom. The number of rotatable bonds is 8. The van der Waals surface area contributed by atoms with Crippen LogP contribution in [0.25, 0.3) is 0 Å². The number of hydrogen-bond donors (Lipinski definition) is 2. The van der Waals surface area contributed by atoms with Crippen LogP contribution in [0.4, 0.5) is 0 Å². The minimum atomic E-state index is -0.117. The monoisotopic (exact) mass is 280 g/mol. The molecule has 0 saturated heterocycles. The lowest BCUT2D eigenvalue weighted by Gasteiger charge is -2.07. The maximum absolute atomic E-state index is 11.9. The lowest BCUT2D eigenvalue weighted by Crippen LogP contribution is -2.25. The summed E-state index contributed by atoms with van der Waals surface area (Å²) in [4.78, 5) is 12.2. The molecule has 1 rings (SSSR count). The van der Waals surface area contributed by atoms with Gasteiger partial charge < -0.3 is 15.8 Å². The number of hydrogen-bond acceptors (Lipinski definition) is 3. The number of carbonyl (C=O) groups is 1. The summed E-state index contributed by atoms with van der Waals surface area (Å²) in [5, 5.41) is 2.84. The van der Waals surface area contributed by atoms with Gasteiger partial charge in [-0.05, 0) is 25.0 Å². The predicted octanol–water partition coefficient (Wildman–Crippen LogP) is 1.87. The summed E-state index contributed by atoms with van der Waals surface area (Å²) in [7, 11) is 0. The summed E-state index contributed by atoms with van der Waals surface area (Å²) in [5.41, 5.74) is 6.81. The first-order chi connectivity index (χ1) is 9.15.